The first-order chi connectivity index (χ1) is 11.6. The van der Waals surface area contributed by atoms with Crippen LogP contribution in [0.25, 0.3) is 0 Å². The summed E-state index contributed by atoms with van der Waals surface area (Å²) in [4.78, 5) is 28.2. The molecule has 2 rings (SSSR count). The number of ketones is 1. The van der Waals surface area contributed by atoms with Crippen LogP contribution in [-0.2, 0) is 4.79 Å². The van der Waals surface area contributed by atoms with Crippen LogP contribution < -0.4 is 10.1 Å². The van der Waals surface area contributed by atoms with E-state index in [4.69, 9.17) is 4.74 Å². The maximum atomic E-state index is 12.1. The van der Waals surface area contributed by atoms with Crippen LogP contribution in [0, 0.1) is 0 Å². The number of amides is 1. The summed E-state index contributed by atoms with van der Waals surface area (Å²) >= 11 is 0. The molecule has 0 spiro atoms. The number of carbonyl (C=O) groups is 2. The number of nitrogens with one attached hydrogen (secondary N) is 1. The normalized spacial score (nSPS) is 11.6. The van der Waals surface area contributed by atoms with Crippen molar-refractivity contribution < 1.29 is 14.3 Å². The maximum Gasteiger partial charge on any atom is 0.220 e. The fourth-order valence-corrected chi connectivity index (χ4v) is 2.30. The Balaban J connectivity index is 1.81. The van der Waals surface area contributed by atoms with Crippen LogP contribution >= 0.6 is 0 Å². The molecule has 5 nitrogen and oxygen atoms in total. The summed E-state index contributed by atoms with van der Waals surface area (Å²) in [5.74, 6) is 0.532. The van der Waals surface area contributed by atoms with E-state index in [1.807, 2.05) is 26.0 Å². The Kier molecular flexibility index (Phi) is 6.49. The van der Waals surface area contributed by atoms with E-state index in [0.29, 0.717) is 12.2 Å². The Hall–Kier alpha value is -2.69. The van der Waals surface area contributed by atoms with Crippen molar-refractivity contribution in [2.75, 3.05) is 6.61 Å². The fourth-order valence-electron chi connectivity index (χ4n) is 2.30. The van der Waals surface area contributed by atoms with Crippen molar-refractivity contribution in [3.8, 4) is 5.75 Å². The number of benzene rings is 1. The molecule has 1 unspecified atom stereocenters. The number of ether oxygens (including phenoxy) is 1. The predicted octanol–water partition coefficient (Wildman–Crippen LogP) is 3.32. The fraction of sp³-hybridized carbons (Fsp3) is 0.316. The number of aromatic nitrogens is 1. The highest BCUT2D eigenvalue weighted by atomic mass is 16.5. The molecule has 1 amide bonds. The summed E-state index contributed by atoms with van der Waals surface area (Å²) in [5.41, 5.74) is 1.52. The van der Waals surface area contributed by atoms with E-state index in [1.165, 1.54) is 0 Å². The number of hydrogen-bond donors (Lipinski definition) is 1. The second-order valence-corrected chi connectivity index (χ2v) is 5.46. The number of rotatable bonds is 8. The lowest BCUT2D eigenvalue weighted by Gasteiger charge is -2.13. The van der Waals surface area contributed by atoms with Gasteiger partial charge in [-0.25, -0.2) is 0 Å². The van der Waals surface area contributed by atoms with E-state index in [9.17, 15) is 9.59 Å². The van der Waals surface area contributed by atoms with Crippen LogP contribution in [0.15, 0.2) is 48.8 Å². The Labute approximate surface area is 142 Å². The van der Waals surface area contributed by atoms with E-state index in [-0.39, 0.29) is 30.6 Å². The average molecular weight is 326 g/mol. The van der Waals surface area contributed by atoms with Gasteiger partial charge in [0.15, 0.2) is 5.78 Å². The number of carbonyl (C=O) groups excluding carboxylic acids is 2. The van der Waals surface area contributed by atoms with Gasteiger partial charge in [-0.05, 0) is 49.7 Å². The zero-order chi connectivity index (χ0) is 17.4. The molecule has 0 fully saturated rings. The standard InChI is InChI=1S/C19H22N2O3/c1-3-24-17-8-6-15(7-9-17)18(22)10-11-19(23)21-14(2)16-5-4-12-20-13-16/h4-9,12-14H,3,10-11H2,1-2H3,(H,21,23). The second-order valence-electron chi connectivity index (χ2n) is 5.46. The molecule has 1 aromatic heterocycles. The zero-order valence-electron chi connectivity index (χ0n) is 14.0. The summed E-state index contributed by atoms with van der Waals surface area (Å²) in [6, 6.07) is 10.6. The maximum absolute atomic E-state index is 12.1. The van der Waals surface area contributed by atoms with Crippen LogP contribution in [-0.4, -0.2) is 23.3 Å². The van der Waals surface area contributed by atoms with Crippen molar-refractivity contribution in [3.63, 3.8) is 0 Å². The van der Waals surface area contributed by atoms with Crippen LogP contribution in [0.1, 0.15) is 48.7 Å². The molecule has 0 aliphatic rings. The molecule has 0 saturated carbocycles. The SMILES string of the molecule is CCOc1ccc(C(=O)CCC(=O)NC(C)c2cccnc2)cc1. The quantitative estimate of drug-likeness (QED) is 0.756. The summed E-state index contributed by atoms with van der Waals surface area (Å²) in [6.07, 6.45) is 3.75. The van der Waals surface area contributed by atoms with Gasteiger partial charge in [-0.15, -0.1) is 0 Å². The van der Waals surface area contributed by atoms with E-state index in [2.05, 4.69) is 10.3 Å². The molecule has 1 aromatic carbocycles. The molecule has 0 aliphatic carbocycles. The highest BCUT2D eigenvalue weighted by Crippen LogP contribution is 2.14. The molecular formula is C19H22N2O3. The third-order valence-electron chi connectivity index (χ3n) is 3.63. The van der Waals surface area contributed by atoms with Crippen LogP contribution in [0.4, 0.5) is 0 Å². The van der Waals surface area contributed by atoms with Gasteiger partial charge in [-0.1, -0.05) is 6.07 Å². The molecular weight excluding hydrogens is 304 g/mol. The summed E-state index contributed by atoms with van der Waals surface area (Å²) in [7, 11) is 0. The third kappa shape index (κ3) is 5.19. The Morgan fingerprint density at radius 1 is 1.17 bits per heavy atom. The van der Waals surface area contributed by atoms with Crippen molar-refractivity contribution in [1.29, 1.82) is 0 Å². The first-order valence-electron chi connectivity index (χ1n) is 8.05. The van der Waals surface area contributed by atoms with Gasteiger partial charge in [-0.2, -0.15) is 0 Å². The Morgan fingerprint density at radius 2 is 1.92 bits per heavy atom. The van der Waals surface area contributed by atoms with E-state index < -0.39 is 0 Å². The van der Waals surface area contributed by atoms with Crippen molar-refractivity contribution in [3.05, 3.63) is 59.9 Å². The highest BCUT2D eigenvalue weighted by Gasteiger charge is 2.12. The third-order valence-corrected chi connectivity index (χ3v) is 3.63. The van der Waals surface area contributed by atoms with Crippen molar-refractivity contribution >= 4 is 11.7 Å². The minimum atomic E-state index is -0.148. The second kappa shape index (κ2) is 8.82. The van der Waals surface area contributed by atoms with E-state index in [0.717, 1.165) is 11.3 Å². The summed E-state index contributed by atoms with van der Waals surface area (Å²) < 4.78 is 5.34. The number of hydrogen-bond acceptors (Lipinski definition) is 4. The van der Waals surface area contributed by atoms with Crippen LogP contribution in [0.3, 0.4) is 0 Å². The molecule has 126 valence electrons. The van der Waals surface area contributed by atoms with E-state index in [1.54, 1.807) is 36.7 Å². The zero-order valence-corrected chi connectivity index (χ0v) is 14.0. The van der Waals surface area contributed by atoms with Crippen molar-refractivity contribution in [2.45, 2.75) is 32.7 Å². The molecule has 0 radical (unpaired) electrons. The van der Waals surface area contributed by atoms with Crippen molar-refractivity contribution in [2.24, 2.45) is 0 Å². The Bertz CT molecular complexity index is 669. The predicted molar refractivity (Wildman–Crippen MR) is 92.0 cm³/mol. The lowest BCUT2D eigenvalue weighted by Crippen LogP contribution is -2.27. The van der Waals surface area contributed by atoms with Gasteiger partial charge in [0, 0.05) is 30.8 Å². The largest absolute Gasteiger partial charge is 0.494 e. The van der Waals surface area contributed by atoms with Gasteiger partial charge >= 0.3 is 0 Å². The lowest BCUT2D eigenvalue weighted by molar-refractivity contribution is -0.121. The van der Waals surface area contributed by atoms with Crippen molar-refractivity contribution in [1.82, 2.24) is 10.3 Å². The lowest BCUT2D eigenvalue weighted by atomic mass is 10.1. The molecule has 1 N–H and O–H groups in total. The van der Waals surface area contributed by atoms with Crippen LogP contribution in [0.5, 0.6) is 5.75 Å². The van der Waals surface area contributed by atoms with Crippen LogP contribution in [0.2, 0.25) is 0 Å². The highest BCUT2D eigenvalue weighted by molar-refractivity contribution is 5.98. The molecule has 0 aliphatic heterocycles. The Morgan fingerprint density at radius 3 is 2.54 bits per heavy atom. The van der Waals surface area contributed by atoms with Gasteiger partial charge in [0.1, 0.15) is 5.75 Å². The topological polar surface area (TPSA) is 68.3 Å². The summed E-state index contributed by atoms with van der Waals surface area (Å²) in [5, 5.41) is 2.88. The molecule has 0 saturated heterocycles. The molecule has 5 heteroatoms. The smallest absolute Gasteiger partial charge is 0.220 e. The molecule has 2 aromatic rings. The minimum absolute atomic E-state index is 0.0535. The molecule has 1 heterocycles. The molecule has 24 heavy (non-hydrogen) atoms. The first kappa shape index (κ1) is 17.7. The van der Waals surface area contributed by atoms with Gasteiger partial charge < -0.3 is 10.1 Å². The molecule has 1 atom stereocenters. The molecule has 0 bridgehead atoms. The average Bonchev–Trinajstić information content (AvgIpc) is 2.61. The van der Waals surface area contributed by atoms with Gasteiger partial charge in [-0.3, -0.25) is 14.6 Å². The number of Topliss-reactive ketones (excluding diaryl/α,β-unsaturated/α-hetero) is 1. The minimum Gasteiger partial charge on any atom is -0.494 e. The van der Waals surface area contributed by atoms with Gasteiger partial charge in [0.05, 0.1) is 12.6 Å². The number of nitrogens with zero attached hydrogens (tertiary/aromatic N) is 1. The summed E-state index contributed by atoms with van der Waals surface area (Å²) in [6.45, 7) is 4.38. The number of pyridine rings is 1. The monoisotopic (exact) mass is 326 g/mol. The van der Waals surface area contributed by atoms with Gasteiger partial charge in [0.2, 0.25) is 5.91 Å². The van der Waals surface area contributed by atoms with E-state index >= 15 is 0 Å². The van der Waals surface area contributed by atoms with Gasteiger partial charge in [0.25, 0.3) is 0 Å². The first-order valence-corrected chi connectivity index (χ1v) is 8.05.